The number of ether oxygens (including phenoxy) is 1. The Balaban J connectivity index is 1.58. The van der Waals surface area contributed by atoms with Gasteiger partial charge in [-0.25, -0.2) is 9.37 Å². The van der Waals surface area contributed by atoms with E-state index in [0.717, 1.165) is 5.56 Å². The van der Waals surface area contributed by atoms with Gasteiger partial charge in [0.1, 0.15) is 22.8 Å². The van der Waals surface area contributed by atoms with Gasteiger partial charge >= 0.3 is 5.97 Å². The highest BCUT2D eigenvalue weighted by Gasteiger charge is 2.24. The van der Waals surface area contributed by atoms with E-state index in [1.165, 1.54) is 10.7 Å². The summed E-state index contributed by atoms with van der Waals surface area (Å²) >= 11 is 6.07. The van der Waals surface area contributed by atoms with Crippen LogP contribution in [0.5, 0.6) is 0 Å². The van der Waals surface area contributed by atoms with Crippen LogP contribution in [0.4, 0.5) is 10.1 Å². The minimum Gasteiger partial charge on any atom is -0.457 e. The van der Waals surface area contributed by atoms with Crippen LogP contribution in [0.15, 0.2) is 30.5 Å². The number of aromatic nitrogens is 4. The first-order valence-corrected chi connectivity index (χ1v) is 10.0. The first-order valence-electron chi connectivity index (χ1n) is 9.64. The first-order chi connectivity index (χ1) is 14.8. The molecule has 3 heterocycles. The van der Waals surface area contributed by atoms with Gasteiger partial charge in [-0.1, -0.05) is 22.9 Å². The van der Waals surface area contributed by atoms with Crippen molar-refractivity contribution in [3.63, 3.8) is 0 Å². The lowest BCUT2D eigenvalue weighted by molar-refractivity contribution is -0.147. The number of halogens is 2. The van der Waals surface area contributed by atoms with E-state index in [0.29, 0.717) is 29.8 Å². The van der Waals surface area contributed by atoms with Gasteiger partial charge in [0.05, 0.1) is 12.1 Å². The van der Waals surface area contributed by atoms with Gasteiger partial charge < -0.3 is 10.1 Å². The highest BCUT2D eigenvalue weighted by atomic mass is 35.5. The maximum atomic E-state index is 14.8. The predicted molar refractivity (Wildman–Crippen MR) is 111 cm³/mol. The molecule has 10 heteroatoms. The molecule has 1 aliphatic rings. The van der Waals surface area contributed by atoms with Gasteiger partial charge in [0.2, 0.25) is 5.91 Å². The third kappa shape index (κ3) is 4.27. The summed E-state index contributed by atoms with van der Waals surface area (Å²) in [5, 5.41) is 10.9. The Morgan fingerprint density at radius 3 is 2.97 bits per heavy atom. The molecule has 3 aromatic rings. The van der Waals surface area contributed by atoms with Crippen LogP contribution in [0.3, 0.4) is 0 Å². The normalized spacial score (nSPS) is 14.0. The summed E-state index contributed by atoms with van der Waals surface area (Å²) in [4.78, 5) is 28.1. The molecule has 0 bridgehead atoms. The van der Waals surface area contributed by atoms with E-state index in [-0.39, 0.29) is 28.7 Å². The van der Waals surface area contributed by atoms with Gasteiger partial charge in [0, 0.05) is 36.5 Å². The van der Waals surface area contributed by atoms with Crippen molar-refractivity contribution in [2.75, 3.05) is 5.32 Å². The van der Waals surface area contributed by atoms with Gasteiger partial charge in [-0.15, -0.1) is 5.10 Å². The van der Waals surface area contributed by atoms with Crippen LogP contribution in [0.1, 0.15) is 36.3 Å². The second kappa shape index (κ2) is 8.43. The number of carbonyl (C=O) groups is 2. The fraction of sp³-hybridized carbons (Fsp3) is 0.286. The van der Waals surface area contributed by atoms with Crippen molar-refractivity contribution >= 4 is 29.2 Å². The topological polar surface area (TPSA) is 99.0 Å². The number of aryl methyl sites for hydroxylation is 2. The zero-order valence-electron chi connectivity index (χ0n) is 16.9. The summed E-state index contributed by atoms with van der Waals surface area (Å²) in [6.07, 6.45) is 1.60. The molecule has 0 unspecified atom stereocenters. The number of nitrogens with zero attached hydrogens (tertiary/aromatic N) is 4. The molecule has 0 spiro atoms. The molecule has 160 valence electrons. The number of esters is 1. The number of hydrogen-bond acceptors (Lipinski definition) is 6. The second-order valence-corrected chi connectivity index (χ2v) is 7.60. The molecule has 0 saturated heterocycles. The SMILES string of the molecule is C[C@@H](OC(=O)Cc1c(-c2cc3c(cc2F)NC(=O)CC3)nnn1C)c1cccnc1Cl. The molecule has 1 N–H and O–H groups in total. The molecular formula is C21H19ClFN5O3. The molecule has 1 atom stereocenters. The number of pyridine rings is 1. The number of fused-ring (bicyclic) bond motifs is 1. The maximum Gasteiger partial charge on any atom is 0.312 e. The van der Waals surface area contributed by atoms with Gasteiger partial charge in [0.15, 0.2) is 0 Å². The predicted octanol–water partition coefficient (Wildman–Crippen LogP) is 3.40. The molecule has 8 nitrogen and oxygen atoms in total. The van der Waals surface area contributed by atoms with Gasteiger partial charge in [0.25, 0.3) is 0 Å². The van der Waals surface area contributed by atoms with E-state index in [1.807, 2.05) is 0 Å². The number of anilines is 1. The Morgan fingerprint density at radius 2 is 2.19 bits per heavy atom. The molecule has 0 fully saturated rings. The fourth-order valence-electron chi connectivity index (χ4n) is 3.51. The van der Waals surface area contributed by atoms with E-state index < -0.39 is 17.9 Å². The van der Waals surface area contributed by atoms with E-state index in [1.54, 1.807) is 38.4 Å². The molecule has 0 saturated carbocycles. The van der Waals surface area contributed by atoms with E-state index in [9.17, 15) is 14.0 Å². The van der Waals surface area contributed by atoms with Gasteiger partial charge in [-0.05, 0) is 37.1 Å². The number of hydrogen-bond donors (Lipinski definition) is 1. The Kier molecular flexibility index (Phi) is 5.69. The van der Waals surface area contributed by atoms with Gasteiger partial charge in [-0.3, -0.25) is 14.3 Å². The van der Waals surface area contributed by atoms with Crippen LogP contribution >= 0.6 is 11.6 Å². The summed E-state index contributed by atoms with van der Waals surface area (Å²) in [5.74, 6) is -1.25. The van der Waals surface area contributed by atoms with Crippen molar-refractivity contribution in [3.05, 3.63) is 58.3 Å². The number of benzene rings is 1. The lowest BCUT2D eigenvalue weighted by atomic mass is 9.97. The lowest BCUT2D eigenvalue weighted by Crippen LogP contribution is -2.19. The monoisotopic (exact) mass is 443 g/mol. The summed E-state index contributed by atoms with van der Waals surface area (Å²) < 4.78 is 21.7. The summed E-state index contributed by atoms with van der Waals surface area (Å²) in [5.41, 5.74) is 2.72. The molecule has 31 heavy (non-hydrogen) atoms. The molecular weight excluding hydrogens is 425 g/mol. The number of carbonyl (C=O) groups excluding carboxylic acids is 2. The molecule has 1 amide bonds. The largest absolute Gasteiger partial charge is 0.457 e. The van der Waals surface area contributed by atoms with E-state index in [4.69, 9.17) is 16.3 Å². The maximum absolute atomic E-state index is 14.8. The van der Waals surface area contributed by atoms with Crippen molar-refractivity contribution in [2.24, 2.45) is 7.05 Å². The molecule has 0 aliphatic carbocycles. The Morgan fingerprint density at radius 1 is 1.39 bits per heavy atom. The standard InChI is InChI=1S/C21H19ClFN5O3/c1-11(13-4-3-7-24-21(13)22)31-19(30)10-17-20(26-27-28(17)2)14-8-12-5-6-18(29)25-16(12)9-15(14)23/h3-4,7-9,11H,5-6,10H2,1-2H3,(H,25,29)/t11-/m1/s1. The van der Waals surface area contributed by atoms with Gasteiger partial charge in [-0.2, -0.15) is 0 Å². The van der Waals surface area contributed by atoms with E-state index >= 15 is 0 Å². The fourth-order valence-corrected chi connectivity index (χ4v) is 3.78. The summed E-state index contributed by atoms with van der Waals surface area (Å²) in [7, 11) is 1.62. The zero-order valence-corrected chi connectivity index (χ0v) is 17.6. The average Bonchev–Trinajstić information content (AvgIpc) is 3.07. The van der Waals surface area contributed by atoms with Crippen LogP contribution in [0, 0.1) is 5.82 Å². The van der Waals surface area contributed by atoms with Crippen LogP contribution in [0.2, 0.25) is 5.15 Å². The Labute approximate surface area is 182 Å². The quantitative estimate of drug-likeness (QED) is 0.479. The highest BCUT2D eigenvalue weighted by molar-refractivity contribution is 6.30. The van der Waals surface area contributed by atoms with Crippen molar-refractivity contribution in [1.29, 1.82) is 0 Å². The number of amides is 1. The highest BCUT2D eigenvalue weighted by Crippen LogP contribution is 2.32. The van der Waals surface area contributed by atoms with E-state index in [2.05, 4.69) is 20.6 Å². The lowest BCUT2D eigenvalue weighted by Gasteiger charge is -2.18. The zero-order chi connectivity index (χ0) is 22.1. The number of nitrogens with one attached hydrogen (secondary N) is 1. The smallest absolute Gasteiger partial charge is 0.312 e. The molecule has 4 rings (SSSR count). The average molecular weight is 444 g/mol. The van der Waals surface area contributed by atoms with Crippen LogP contribution in [-0.2, 0) is 34.2 Å². The molecule has 1 aromatic carbocycles. The van der Waals surface area contributed by atoms with Crippen LogP contribution < -0.4 is 5.32 Å². The number of rotatable bonds is 5. The van der Waals surface area contributed by atoms with Crippen LogP contribution in [0.25, 0.3) is 11.3 Å². The third-order valence-electron chi connectivity index (χ3n) is 5.13. The second-order valence-electron chi connectivity index (χ2n) is 7.24. The van der Waals surface area contributed by atoms with Crippen LogP contribution in [-0.4, -0.2) is 31.9 Å². The molecule has 1 aliphatic heterocycles. The minimum atomic E-state index is -0.609. The van der Waals surface area contributed by atoms with Crippen molar-refractivity contribution in [2.45, 2.75) is 32.3 Å². The first kappa shape index (κ1) is 20.9. The molecule has 2 aromatic heterocycles. The van der Waals surface area contributed by atoms with Crippen molar-refractivity contribution in [1.82, 2.24) is 20.0 Å². The minimum absolute atomic E-state index is 0.148. The summed E-state index contributed by atoms with van der Waals surface area (Å²) in [6.45, 7) is 1.70. The third-order valence-corrected chi connectivity index (χ3v) is 5.45. The van der Waals surface area contributed by atoms with Crippen molar-refractivity contribution < 1.29 is 18.7 Å². The summed E-state index contributed by atoms with van der Waals surface area (Å²) in [6, 6.07) is 6.34. The molecule has 0 radical (unpaired) electrons. The van der Waals surface area contributed by atoms with Crippen molar-refractivity contribution in [3.8, 4) is 11.3 Å². The Hall–Kier alpha value is -3.33. The Bertz CT molecular complexity index is 1180.